The molecule has 0 N–H and O–H groups in total. The van der Waals surface area contributed by atoms with E-state index in [-0.39, 0.29) is 5.60 Å². The zero-order valence-corrected chi connectivity index (χ0v) is 23.8. The fourth-order valence-corrected chi connectivity index (χ4v) is 5.28. The maximum absolute atomic E-state index is 6.69. The van der Waals surface area contributed by atoms with Gasteiger partial charge in [0, 0.05) is 0 Å². The summed E-state index contributed by atoms with van der Waals surface area (Å²) in [6, 6.07) is 2.20. The van der Waals surface area contributed by atoms with Gasteiger partial charge in [0.15, 0.2) is 0 Å². The number of hydrogen-bond donors (Lipinski definition) is 0. The van der Waals surface area contributed by atoms with E-state index >= 15 is 0 Å². The van der Waals surface area contributed by atoms with Crippen molar-refractivity contribution in [3.05, 3.63) is 34.9 Å². The Kier molecular flexibility index (Phi) is 11.5. The Labute approximate surface area is 211 Å². The van der Waals surface area contributed by atoms with Gasteiger partial charge < -0.3 is 9.47 Å². The normalized spacial score (nSPS) is 19.4. The zero-order chi connectivity index (χ0) is 25.3. The van der Waals surface area contributed by atoms with Crippen LogP contribution in [0.3, 0.4) is 0 Å². The molecule has 0 fully saturated rings. The highest BCUT2D eigenvalue weighted by Gasteiger charge is 2.33. The van der Waals surface area contributed by atoms with Crippen LogP contribution in [-0.2, 0) is 6.42 Å². The summed E-state index contributed by atoms with van der Waals surface area (Å²) in [7, 11) is 0. The summed E-state index contributed by atoms with van der Waals surface area (Å²) in [5.74, 6) is 4.64. The third kappa shape index (κ3) is 9.31. The van der Waals surface area contributed by atoms with Crippen molar-refractivity contribution < 1.29 is 9.47 Å². The minimum atomic E-state index is -0.0467. The van der Waals surface area contributed by atoms with Gasteiger partial charge in [0.05, 0.1) is 0 Å². The van der Waals surface area contributed by atoms with Crippen molar-refractivity contribution in [2.24, 2.45) is 17.8 Å². The van der Waals surface area contributed by atoms with E-state index in [9.17, 15) is 0 Å². The van der Waals surface area contributed by atoms with E-state index in [1.807, 2.05) is 6.92 Å². The highest BCUT2D eigenvalue weighted by atomic mass is 16.5. The summed E-state index contributed by atoms with van der Waals surface area (Å²) in [5.41, 5.74) is 4.72. The molecule has 1 aliphatic rings. The molecule has 0 aromatic heterocycles. The summed E-state index contributed by atoms with van der Waals surface area (Å²) in [6.45, 7) is 22.8. The molecule has 2 nitrogen and oxygen atoms in total. The largest absolute Gasteiger partial charge is 0.489 e. The quantitative estimate of drug-likeness (QED) is 0.237. The Balaban J connectivity index is 1.77. The van der Waals surface area contributed by atoms with E-state index in [0.717, 1.165) is 54.1 Å². The van der Waals surface area contributed by atoms with E-state index in [1.54, 1.807) is 0 Å². The minimum absolute atomic E-state index is 0.0467. The van der Waals surface area contributed by atoms with E-state index < -0.39 is 0 Å². The van der Waals surface area contributed by atoms with Gasteiger partial charge in [0.2, 0.25) is 0 Å². The Morgan fingerprint density at radius 3 is 2.15 bits per heavy atom. The molecule has 1 heterocycles. The van der Waals surface area contributed by atoms with Crippen molar-refractivity contribution >= 4 is 0 Å². The van der Waals surface area contributed by atoms with Crippen LogP contribution in [0.4, 0.5) is 0 Å². The second-order valence-electron chi connectivity index (χ2n) is 12.3. The molecular weight excluding hydrogens is 416 g/mol. The number of rotatable bonds is 15. The summed E-state index contributed by atoms with van der Waals surface area (Å²) < 4.78 is 12.7. The summed E-state index contributed by atoms with van der Waals surface area (Å²) in [5, 5.41) is 0. The van der Waals surface area contributed by atoms with Crippen LogP contribution in [0.25, 0.3) is 0 Å². The van der Waals surface area contributed by atoms with Crippen LogP contribution >= 0.6 is 0 Å². The molecule has 3 atom stereocenters. The van der Waals surface area contributed by atoms with E-state index in [2.05, 4.69) is 61.1 Å². The number of benzene rings is 1. The lowest BCUT2D eigenvalue weighted by Gasteiger charge is -2.37. The van der Waals surface area contributed by atoms with Crippen LogP contribution < -0.4 is 9.47 Å². The first-order chi connectivity index (χ1) is 16.0. The SMILES string of the molecule is C=C(C)COc1cc2c(c(C)c1C)O[C@](C)(CCC[C@H](C)CCC[C@H](C)CCCC(C)C)CC2. The number of fused-ring (bicyclic) bond motifs is 1. The predicted octanol–water partition coefficient (Wildman–Crippen LogP) is 9.78. The Morgan fingerprint density at radius 1 is 0.971 bits per heavy atom. The van der Waals surface area contributed by atoms with Crippen LogP contribution in [0.5, 0.6) is 11.5 Å². The molecule has 0 unspecified atom stereocenters. The molecule has 0 spiro atoms. The van der Waals surface area contributed by atoms with E-state index in [1.165, 1.54) is 68.1 Å². The van der Waals surface area contributed by atoms with Crippen LogP contribution in [0.15, 0.2) is 18.2 Å². The highest BCUT2D eigenvalue weighted by Crippen LogP contribution is 2.42. The average molecular weight is 471 g/mol. The van der Waals surface area contributed by atoms with E-state index in [4.69, 9.17) is 9.47 Å². The standard InChI is InChI=1S/C32H54O2/c1-23(2)13-10-14-25(5)15-11-16-26(6)17-12-19-32(9)20-18-29-21-30(33-22-24(3)4)27(7)28(8)31(29)34-32/h21,23,25-26H,3,10-20,22H2,1-2,4-9H3/t25-,26-,32-/m1/s1. The molecule has 34 heavy (non-hydrogen) atoms. The summed E-state index contributed by atoms with van der Waals surface area (Å²) >= 11 is 0. The van der Waals surface area contributed by atoms with Crippen molar-refractivity contribution in [2.75, 3.05) is 6.61 Å². The highest BCUT2D eigenvalue weighted by molar-refractivity contribution is 5.53. The smallest absolute Gasteiger partial charge is 0.126 e. The Morgan fingerprint density at radius 2 is 1.56 bits per heavy atom. The summed E-state index contributed by atoms with van der Waals surface area (Å²) in [4.78, 5) is 0. The van der Waals surface area contributed by atoms with Gasteiger partial charge >= 0.3 is 0 Å². The van der Waals surface area contributed by atoms with Gasteiger partial charge in [0.25, 0.3) is 0 Å². The first-order valence-corrected chi connectivity index (χ1v) is 14.1. The lowest BCUT2D eigenvalue weighted by molar-refractivity contribution is 0.0513. The molecule has 2 heteroatoms. The molecule has 1 aromatic carbocycles. The molecule has 0 bridgehead atoms. The topological polar surface area (TPSA) is 18.5 Å². The summed E-state index contributed by atoms with van der Waals surface area (Å²) in [6.07, 6.45) is 14.2. The van der Waals surface area contributed by atoms with Crippen LogP contribution in [0.2, 0.25) is 0 Å². The maximum Gasteiger partial charge on any atom is 0.126 e. The van der Waals surface area contributed by atoms with Gasteiger partial charge in [-0.25, -0.2) is 0 Å². The van der Waals surface area contributed by atoms with Crippen molar-refractivity contribution in [3.63, 3.8) is 0 Å². The first-order valence-electron chi connectivity index (χ1n) is 14.1. The molecule has 0 aliphatic carbocycles. The minimum Gasteiger partial charge on any atom is -0.489 e. The molecule has 0 saturated carbocycles. The van der Waals surface area contributed by atoms with Crippen LogP contribution in [0.1, 0.15) is 122 Å². The molecular formula is C32H54O2. The van der Waals surface area contributed by atoms with Crippen LogP contribution in [-0.4, -0.2) is 12.2 Å². The van der Waals surface area contributed by atoms with Gasteiger partial charge in [0.1, 0.15) is 23.7 Å². The predicted molar refractivity (Wildman–Crippen MR) is 148 cm³/mol. The fraction of sp³-hybridized carbons (Fsp3) is 0.750. The number of ether oxygens (including phenoxy) is 2. The molecule has 2 rings (SSSR count). The molecule has 0 amide bonds. The average Bonchev–Trinajstić information content (AvgIpc) is 2.75. The van der Waals surface area contributed by atoms with Gasteiger partial charge in [-0.1, -0.05) is 79.2 Å². The van der Waals surface area contributed by atoms with Crippen molar-refractivity contribution in [1.29, 1.82) is 0 Å². The van der Waals surface area contributed by atoms with Crippen molar-refractivity contribution in [1.82, 2.24) is 0 Å². The van der Waals surface area contributed by atoms with Gasteiger partial charge in [-0.15, -0.1) is 0 Å². The van der Waals surface area contributed by atoms with Gasteiger partial charge in [-0.2, -0.15) is 0 Å². The number of hydrogen-bond acceptors (Lipinski definition) is 2. The second kappa shape index (κ2) is 13.6. The lowest BCUT2D eigenvalue weighted by Crippen LogP contribution is -2.36. The van der Waals surface area contributed by atoms with Crippen molar-refractivity contribution in [2.45, 2.75) is 132 Å². The monoisotopic (exact) mass is 470 g/mol. The molecule has 194 valence electrons. The first kappa shape index (κ1) is 28.8. The molecule has 1 aromatic rings. The zero-order valence-electron chi connectivity index (χ0n) is 23.8. The van der Waals surface area contributed by atoms with Crippen LogP contribution in [0, 0.1) is 31.6 Å². The third-order valence-corrected chi connectivity index (χ3v) is 7.89. The van der Waals surface area contributed by atoms with Gasteiger partial charge in [-0.3, -0.25) is 0 Å². The van der Waals surface area contributed by atoms with E-state index in [0.29, 0.717) is 6.61 Å². The second-order valence-corrected chi connectivity index (χ2v) is 12.3. The Hall–Kier alpha value is -1.44. The van der Waals surface area contributed by atoms with Crippen molar-refractivity contribution in [3.8, 4) is 11.5 Å². The third-order valence-electron chi connectivity index (χ3n) is 7.89. The lowest BCUT2D eigenvalue weighted by atomic mass is 9.85. The molecule has 1 aliphatic heterocycles. The van der Waals surface area contributed by atoms with Gasteiger partial charge in [-0.05, 0) is 99.5 Å². The Bertz CT molecular complexity index is 778. The fourth-order valence-electron chi connectivity index (χ4n) is 5.28. The molecule has 0 saturated heterocycles. The maximum atomic E-state index is 6.69. The number of aryl methyl sites for hydroxylation is 1. The molecule has 0 radical (unpaired) electrons.